The van der Waals surface area contributed by atoms with Gasteiger partial charge in [0.05, 0.1) is 0 Å². The Bertz CT molecular complexity index is 813. The summed E-state index contributed by atoms with van der Waals surface area (Å²) in [5, 5.41) is 7.97. The molecule has 28 heavy (non-hydrogen) atoms. The van der Waals surface area contributed by atoms with Gasteiger partial charge in [0.15, 0.2) is 0 Å². The molecule has 150 valence electrons. The summed E-state index contributed by atoms with van der Waals surface area (Å²) in [4.78, 5) is 14.0. The summed E-state index contributed by atoms with van der Waals surface area (Å²) in [7, 11) is 4.92. The van der Waals surface area contributed by atoms with Crippen LogP contribution in [0, 0.1) is 6.92 Å². The van der Waals surface area contributed by atoms with E-state index in [-0.39, 0.29) is 0 Å². The van der Waals surface area contributed by atoms with Gasteiger partial charge in [-0.3, -0.25) is 0 Å². The summed E-state index contributed by atoms with van der Waals surface area (Å²) in [5.74, 6) is 1.55. The fourth-order valence-electron chi connectivity index (χ4n) is 4.09. The molecule has 1 aromatic carbocycles. The Morgan fingerprint density at radius 1 is 1.11 bits per heavy atom. The fraction of sp³-hybridized carbons (Fsp3) is 0.524. The van der Waals surface area contributed by atoms with Crippen molar-refractivity contribution < 1.29 is 0 Å². The Hall–Kier alpha value is -1.91. The minimum absolute atomic E-state index is 0.534. The van der Waals surface area contributed by atoms with E-state index in [1.165, 1.54) is 36.9 Å². The van der Waals surface area contributed by atoms with Crippen LogP contribution >= 0.6 is 9.24 Å². The smallest absolute Gasteiger partial charge is 0.229 e. The van der Waals surface area contributed by atoms with E-state index < -0.39 is 0 Å². The van der Waals surface area contributed by atoms with E-state index in [1.54, 1.807) is 0 Å². The second-order valence-corrected chi connectivity index (χ2v) is 8.66. The molecule has 0 amide bonds. The minimum Gasteiger partial charge on any atom is -0.369 e. The van der Waals surface area contributed by atoms with Gasteiger partial charge in [0.2, 0.25) is 5.95 Å². The van der Waals surface area contributed by atoms with E-state index in [9.17, 15) is 0 Å². The summed E-state index contributed by atoms with van der Waals surface area (Å²) in [6.07, 6.45) is 6.92. The zero-order chi connectivity index (χ0) is 19.5. The highest BCUT2D eigenvalue weighted by Crippen LogP contribution is 2.26. The molecule has 2 N–H and O–H groups in total. The van der Waals surface area contributed by atoms with Gasteiger partial charge in [0.1, 0.15) is 5.82 Å². The lowest BCUT2D eigenvalue weighted by molar-refractivity contribution is 0.312. The zero-order valence-corrected chi connectivity index (χ0v) is 18.1. The van der Waals surface area contributed by atoms with Crippen molar-refractivity contribution in [3.63, 3.8) is 0 Å². The molecule has 0 spiro atoms. The van der Waals surface area contributed by atoms with Crippen molar-refractivity contribution in [2.24, 2.45) is 0 Å². The van der Waals surface area contributed by atoms with Crippen LogP contribution in [0.25, 0.3) is 0 Å². The largest absolute Gasteiger partial charge is 0.369 e. The number of anilines is 4. The van der Waals surface area contributed by atoms with Crippen LogP contribution in [0.5, 0.6) is 0 Å². The normalized spacial score (nSPS) is 18.5. The van der Waals surface area contributed by atoms with Crippen LogP contribution in [0.4, 0.5) is 23.1 Å². The van der Waals surface area contributed by atoms with Gasteiger partial charge in [-0.15, -0.1) is 0 Å². The van der Waals surface area contributed by atoms with Crippen LogP contribution in [0.1, 0.15) is 31.2 Å². The van der Waals surface area contributed by atoms with E-state index >= 15 is 0 Å². The van der Waals surface area contributed by atoms with E-state index in [1.807, 2.05) is 6.20 Å². The number of rotatable bonds is 5. The number of hydrogen-bond donors (Lipinski definition) is 2. The molecule has 0 bridgehead atoms. The molecule has 1 atom stereocenters. The first kappa shape index (κ1) is 19.4. The molecule has 4 rings (SSSR count). The third-order valence-electron chi connectivity index (χ3n) is 5.81. The Labute approximate surface area is 170 Å². The molecule has 2 fully saturated rings. The number of aromatic nitrogens is 2. The zero-order valence-electron chi connectivity index (χ0n) is 16.9. The van der Waals surface area contributed by atoms with Gasteiger partial charge in [-0.2, -0.15) is 4.98 Å². The molecule has 1 unspecified atom stereocenters. The van der Waals surface area contributed by atoms with Gasteiger partial charge in [-0.1, -0.05) is 22.1 Å². The van der Waals surface area contributed by atoms with Crippen molar-refractivity contribution in [2.45, 2.75) is 38.6 Å². The van der Waals surface area contributed by atoms with Crippen LogP contribution < -0.4 is 20.8 Å². The summed E-state index contributed by atoms with van der Waals surface area (Å²) < 4.78 is 0. The highest BCUT2D eigenvalue weighted by Gasteiger charge is 2.18. The average molecular weight is 398 g/mol. The molecular weight excluding hydrogens is 367 g/mol. The van der Waals surface area contributed by atoms with Crippen molar-refractivity contribution in [3.8, 4) is 0 Å². The van der Waals surface area contributed by atoms with E-state index in [0.29, 0.717) is 12.0 Å². The second kappa shape index (κ2) is 8.62. The Balaban J connectivity index is 1.46. The monoisotopic (exact) mass is 398 g/mol. The molecule has 1 aromatic heterocycles. The van der Waals surface area contributed by atoms with Gasteiger partial charge < -0.3 is 20.4 Å². The maximum Gasteiger partial charge on any atom is 0.229 e. The fourth-order valence-corrected chi connectivity index (χ4v) is 4.32. The summed E-state index contributed by atoms with van der Waals surface area (Å²) >= 11 is 0. The van der Waals surface area contributed by atoms with E-state index in [0.717, 1.165) is 43.0 Å². The minimum atomic E-state index is 0.534. The molecule has 7 heteroatoms. The lowest BCUT2D eigenvalue weighted by Crippen LogP contribution is -2.44. The number of benzene rings is 1. The predicted octanol–water partition coefficient (Wildman–Crippen LogP) is 3.14. The first-order chi connectivity index (χ1) is 13.6. The Morgan fingerprint density at radius 2 is 1.86 bits per heavy atom. The first-order valence-electron chi connectivity index (χ1n) is 10.3. The molecule has 2 aromatic rings. The molecule has 1 saturated heterocycles. The number of likely N-dealkylation sites (N-methyl/N-ethyl adjacent to an activating group) is 1. The maximum absolute atomic E-state index is 4.71. The number of aryl methyl sites for hydroxylation is 1. The van der Waals surface area contributed by atoms with Crippen molar-refractivity contribution in [1.82, 2.24) is 14.9 Å². The highest BCUT2D eigenvalue weighted by atomic mass is 31.0. The van der Waals surface area contributed by atoms with Crippen LogP contribution in [-0.2, 0) is 0 Å². The molecule has 1 aliphatic heterocycles. The highest BCUT2D eigenvalue weighted by molar-refractivity contribution is 7.28. The van der Waals surface area contributed by atoms with Gasteiger partial charge in [-0.25, -0.2) is 4.98 Å². The van der Waals surface area contributed by atoms with E-state index in [2.05, 4.69) is 66.8 Å². The van der Waals surface area contributed by atoms with Crippen molar-refractivity contribution >= 4 is 37.7 Å². The van der Waals surface area contributed by atoms with Gasteiger partial charge in [-0.05, 0) is 50.6 Å². The average Bonchev–Trinajstić information content (AvgIpc) is 3.19. The molecule has 6 nitrogen and oxygen atoms in total. The van der Waals surface area contributed by atoms with Crippen molar-refractivity contribution in [1.29, 1.82) is 0 Å². The first-order valence-corrected chi connectivity index (χ1v) is 10.9. The summed E-state index contributed by atoms with van der Waals surface area (Å²) in [6, 6.07) is 7.07. The lowest BCUT2D eigenvalue weighted by atomic mass is 10.1. The third-order valence-corrected chi connectivity index (χ3v) is 6.23. The Kier molecular flexibility index (Phi) is 5.98. The van der Waals surface area contributed by atoms with Gasteiger partial charge >= 0.3 is 0 Å². The maximum atomic E-state index is 4.71. The van der Waals surface area contributed by atoms with Crippen LogP contribution in [0.2, 0.25) is 0 Å². The molecule has 1 aliphatic carbocycles. The molecule has 2 heterocycles. The quantitative estimate of drug-likeness (QED) is 0.755. The lowest BCUT2D eigenvalue weighted by Gasteiger charge is -2.35. The van der Waals surface area contributed by atoms with Crippen LogP contribution in [0.15, 0.2) is 24.4 Å². The van der Waals surface area contributed by atoms with E-state index in [4.69, 9.17) is 4.98 Å². The molecular formula is C21H31N6P. The molecule has 1 saturated carbocycles. The SMILES string of the molecule is Cc1cc(Nc2ncc(P)c(NC3CCCC3)n2)ccc1N1CCN(C)CC1. The number of nitrogens with one attached hydrogen (secondary N) is 2. The standard InChI is InChI=1S/C21H31N6P/c1-15-13-17(7-8-18(15)27-11-9-26(2)10-12-27)24-21-22-14-19(28)20(25-21)23-16-5-3-4-6-16/h7-8,13-14,16H,3-6,9-12,28H2,1-2H3,(H2,22,23,24,25). The topological polar surface area (TPSA) is 56.3 Å². The molecule has 0 radical (unpaired) electrons. The third kappa shape index (κ3) is 4.56. The second-order valence-electron chi connectivity index (χ2n) is 8.04. The summed E-state index contributed by atoms with van der Waals surface area (Å²) in [6.45, 7) is 6.58. The van der Waals surface area contributed by atoms with Crippen molar-refractivity contribution in [3.05, 3.63) is 30.0 Å². The summed E-state index contributed by atoms with van der Waals surface area (Å²) in [5.41, 5.74) is 3.63. The number of piperazine rings is 1. The number of nitrogens with zero attached hydrogens (tertiary/aromatic N) is 4. The number of hydrogen-bond acceptors (Lipinski definition) is 6. The molecule has 2 aliphatic rings. The van der Waals surface area contributed by atoms with Gasteiger partial charge in [0.25, 0.3) is 0 Å². The van der Waals surface area contributed by atoms with Crippen LogP contribution in [0.3, 0.4) is 0 Å². The van der Waals surface area contributed by atoms with Gasteiger partial charge in [0, 0.05) is 55.1 Å². The van der Waals surface area contributed by atoms with Crippen LogP contribution in [-0.4, -0.2) is 54.1 Å². The Morgan fingerprint density at radius 3 is 2.57 bits per heavy atom. The van der Waals surface area contributed by atoms with Crippen molar-refractivity contribution in [2.75, 3.05) is 48.8 Å². The predicted molar refractivity (Wildman–Crippen MR) is 121 cm³/mol.